The highest BCUT2D eigenvalue weighted by Crippen LogP contribution is 2.06. The monoisotopic (exact) mass is 197 g/mol. The molecule has 0 heterocycles. The van der Waals surface area contributed by atoms with Crippen LogP contribution in [0.15, 0.2) is 24.8 Å². The zero-order valence-corrected chi connectivity index (χ0v) is 9.33. The van der Waals surface area contributed by atoms with Gasteiger partial charge < -0.3 is 10.1 Å². The van der Waals surface area contributed by atoms with Crippen LogP contribution >= 0.6 is 0 Å². The molecule has 0 radical (unpaired) electrons. The summed E-state index contributed by atoms with van der Waals surface area (Å²) >= 11 is 0. The Morgan fingerprint density at radius 3 is 2.43 bits per heavy atom. The van der Waals surface area contributed by atoms with Crippen molar-refractivity contribution in [3.05, 3.63) is 24.8 Å². The first-order valence-electron chi connectivity index (χ1n) is 4.64. The molecule has 0 aromatic heterocycles. The number of amides is 1. The van der Waals surface area contributed by atoms with Gasteiger partial charge in [0, 0.05) is 0 Å². The minimum atomic E-state index is -0.467. The summed E-state index contributed by atoms with van der Waals surface area (Å²) < 4.78 is 5.08. The average Bonchev–Trinajstić information content (AvgIpc) is 2.00. The average molecular weight is 197 g/mol. The molecule has 0 aliphatic rings. The van der Waals surface area contributed by atoms with E-state index in [1.807, 2.05) is 39.8 Å². The molecule has 1 N–H and O–H groups in total. The maximum atomic E-state index is 11.3. The SMILES string of the molecule is C=C[C@H](/C=C/C)NC(=O)OC(C)(C)C. The second kappa shape index (κ2) is 5.47. The van der Waals surface area contributed by atoms with E-state index < -0.39 is 11.7 Å². The number of hydrogen-bond donors (Lipinski definition) is 1. The number of carbonyl (C=O) groups excluding carboxylic acids is 1. The fourth-order valence-electron chi connectivity index (χ4n) is 0.837. The Morgan fingerprint density at radius 2 is 2.07 bits per heavy atom. The van der Waals surface area contributed by atoms with Crippen molar-refractivity contribution in [3.63, 3.8) is 0 Å². The Bertz CT molecular complexity index is 226. The number of allylic oxidation sites excluding steroid dienone is 1. The second-order valence-electron chi connectivity index (χ2n) is 3.93. The first-order valence-corrected chi connectivity index (χ1v) is 4.64. The van der Waals surface area contributed by atoms with E-state index >= 15 is 0 Å². The van der Waals surface area contributed by atoms with Gasteiger partial charge in [0.25, 0.3) is 0 Å². The fraction of sp³-hybridized carbons (Fsp3) is 0.545. The van der Waals surface area contributed by atoms with Crippen LogP contribution in [-0.4, -0.2) is 17.7 Å². The summed E-state index contributed by atoms with van der Waals surface area (Å²) in [6.45, 7) is 11.0. The molecule has 3 heteroatoms. The van der Waals surface area contributed by atoms with Gasteiger partial charge in [0.2, 0.25) is 0 Å². The van der Waals surface area contributed by atoms with E-state index in [1.54, 1.807) is 6.08 Å². The molecule has 0 spiro atoms. The molecule has 14 heavy (non-hydrogen) atoms. The van der Waals surface area contributed by atoms with Gasteiger partial charge in [-0.05, 0) is 27.7 Å². The molecule has 80 valence electrons. The standard InChI is InChI=1S/C11H19NO2/c1-6-8-9(7-2)12-10(13)14-11(3,4)5/h6-9H,2H2,1,3-5H3,(H,12,13)/b8-6+/t9-/m1/s1. The molecule has 1 atom stereocenters. The van der Waals surface area contributed by atoms with E-state index in [0.717, 1.165) is 0 Å². The summed E-state index contributed by atoms with van der Waals surface area (Å²) in [6.07, 6.45) is 4.89. The van der Waals surface area contributed by atoms with Crippen molar-refractivity contribution in [2.75, 3.05) is 0 Å². The maximum Gasteiger partial charge on any atom is 0.408 e. The normalized spacial score (nSPS) is 13.7. The Labute approximate surface area is 85.8 Å². The van der Waals surface area contributed by atoms with Crippen LogP contribution in [0.5, 0.6) is 0 Å². The van der Waals surface area contributed by atoms with Crippen LogP contribution in [0.1, 0.15) is 27.7 Å². The summed E-state index contributed by atoms with van der Waals surface area (Å²) in [5, 5.41) is 2.66. The molecule has 1 amide bonds. The Morgan fingerprint density at radius 1 is 1.50 bits per heavy atom. The molecule has 0 saturated heterocycles. The van der Waals surface area contributed by atoms with Gasteiger partial charge >= 0.3 is 6.09 Å². The van der Waals surface area contributed by atoms with Crippen molar-refractivity contribution in [2.24, 2.45) is 0 Å². The Kier molecular flexibility index (Phi) is 4.99. The van der Waals surface area contributed by atoms with Crippen LogP contribution in [0, 0.1) is 0 Å². The van der Waals surface area contributed by atoms with Crippen molar-refractivity contribution in [3.8, 4) is 0 Å². The first kappa shape index (κ1) is 12.8. The van der Waals surface area contributed by atoms with E-state index in [9.17, 15) is 4.79 Å². The molecular weight excluding hydrogens is 178 g/mol. The van der Waals surface area contributed by atoms with Crippen LogP contribution in [0.2, 0.25) is 0 Å². The molecule has 0 bridgehead atoms. The zero-order chi connectivity index (χ0) is 11.2. The minimum Gasteiger partial charge on any atom is -0.444 e. The summed E-state index contributed by atoms with van der Waals surface area (Å²) in [6, 6.07) is -0.171. The fourth-order valence-corrected chi connectivity index (χ4v) is 0.837. The summed E-state index contributed by atoms with van der Waals surface area (Å²) in [7, 11) is 0. The van der Waals surface area contributed by atoms with Gasteiger partial charge in [-0.1, -0.05) is 18.2 Å². The number of carbonyl (C=O) groups is 1. The van der Waals surface area contributed by atoms with Crippen molar-refractivity contribution < 1.29 is 9.53 Å². The molecule has 0 aromatic carbocycles. The van der Waals surface area contributed by atoms with Gasteiger partial charge in [0.05, 0.1) is 6.04 Å². The molecule has 0 fully saturated rings. The van der Waals surface area contributed by atoms with Crippen LogP contribution in [0.4, 0.5) is 4.79 Å². The molecule has 0 saturated carbocycles. The van der Waals surface area contributed by atoms with E-state index in [2.05, 4.69) is 11.9 Å². The van der Waals surface area contributed by atoms with Crippen molar-refractivity contribution in [1.29, 1.82) is 0 Å². The highest BCUT2D eigenvalue weighted by Gasteiger charge is 2.16. The number of ether oxygens (including phenoxy) is 1. The molecule has 0 aliphatic heterocycles. The molecule has 0 rings (SSSR count). The highest BCUT2D eigenvalue weighted by molar-refractivity contribution is 5.68. The minimum absolute atomic E-state index is 0.171. The zero-order valence-electron chi connectivity index (χ0n) is 9.33. The first-order chi connectivity index (χ1) is 6.39. The van der Waals surface area contributed by atoms with E-state index in [4.69, 9.17) is 4.74 Å². The topological polar surface area (TPSA) is 38.3 Å². The number of alkyl carbamates (subject to hydrolysis) is 1. The largest absolute Gasteiger partial charge is 0.444 e. The maximum absolute atomic E-state index is 11.3. The van der Waals surface area contributed by atoms with Crippen LogP contribution in [0.3, 0.4) is 0 Å². The van der Waals surface area contributed by atoms with Gasteiger partial charge in [-0.3, -0.25) is 0 Å². The van der Waals surface area contributed by atoms with E-state index in [0.29, 0.717) is 0 Å². The third-order valence-electron chi connectivity index (χ3n) is 1.34. The van der Waals surface area contributed by atoms with Crippen LogP contribution < -0.4 is 5.32 Å². The van der Waals surface area contributed by atoms with Crippen molar-refractivity contribution in [1.82, 2.24) is 5.32 Å². The molecule has 0 aliphatic carbocycles. The molecule has 0 unspecified atom stereocenters. The van der Waals surface area contributed by atoms with Crippen molar-refractivity contribution in [2.45, 2.75) is 39.3 Å². The quantitative estimate of drug-likeness (QED) is 0.706. The summed E-state index contributed by atoms with van der Waals surface area (Å²) in [5.41, 5.74) is -0.467. The van der Waals surface area contributed by atoms with Gasteiger partial charge in [-0.2, -0.15) is 0 Å². The molecular formula is C11H19NO2. The summed E-state index contributed by atoms with van der Waals surface area (Å²) in [4.78, 5) is 11.3. The van der Waals surface area contributed by atoms with E-state index in [-0.39, 0.29) is 6.04 Å². The van der Waals surface area contributed by atoms with E-state index in [1.165, 1.54) is 0 Å². The number of nitrogens with one attached hydrogen (secondary N) is 1. The third-order valence-corrected chi connectivity index (χ3v) is 1.34. The molecule has 3 nitrogen and oxygen atoms in total. The Balaban J connectivity index is 4.10. The second-order valence-corrected chi connectivity index (χ2v) is 3.93. The van der Waals surface area contributed by atoms with Crippen LogP contribution in [-0.2, 0) is 4.74 Å². The number of hydrogen-bond acceptors (Lipinski definition) is 2. The van der Waals surface area contributed by atoms with Gasteiger partial charge in [0.15, 0.2) is 0 Å². The lowest BCUT2D eigenvalue weighted by Crippen LogP contribution is -2.37. The van der Waals surface area contributed by atoms with Gasteiger partial charge in [0.1, 0.15) is 5.60 Å². The highest BCUT2D eigenvalue weighted by atomic mass is 16.6. The third kappa shape index (κ3) is 6.29. The molecule has 0 aromatic rings. The smallest absolute Gasteiger partial charge is 0.408 e. The van der Waals surface area contributed by atoms with Gasteiger partial charge in [-0.25, -0.2) is 4.79 Å². The summed E-state index contributed by atoms with van der Waals surface area (Å²) in [5.74, 6) is 0. The van der Waals surface area contributed by atoms with Crippen LogP contribution in [0.25, 0.3) is 0 Å². The Hall–Kier alpha value is -1.25. The predicted molar refractivity (Wildman–Crippen MR) is 58.2 cm³/mol. The number of rotatable bonds is 3. The van der Waals surface area contributed by atoms with Gasteiger partial charge in [-0.15, -0.1) is 6.58 Å². The lowest BCUT2D eigenvalue weighted by atomic mass is 10.2. The predicted octanol–water partition coefficient (Wildman–Crippen LogP) is 2.64. The van der Waals surface area contributed by atoms with Crippen molar-refractivity contribution >= 4 is 6.09 Å². The lowest BCUT2D eigenvalue weighted by molar-refractivity contribution is 0.0522. The lowest BCUT2D eigenvalue weighted by Gasteiger charge is -2.21.